The first-order valence-electron chi connectivity index (χ1n) is 7.15. The molecule has 2 rings (SSSR count). The smallest absolute Gasteiger partial charge is 0.242 e. The summed E-state index contributed by atoms with van der Waals surface area (Å²) < 4.78 is 44.9. The molecule has 0 fully saturated rings. The number of anilines is 1. The molecule has 0 aliphatic heterocycles. The van der Waals surface area contributed by atoms with Crippen LogP contribution in [0.3, 0.4) is 0 Å². The molecular weight excluding hydrogens is 371 g/mol. The van der Waals surface area contributed by atoms with Crippen LogP contribution in [-0.2, 0) is 14.8 Å². The Hall–Kier alpha value is -2.16. The molecule has 1 amide bonds. The number of benzene rings is 2. The molecule has 0 bridgehead atoms. The molecule has 2 aromatic rings. The van der Waals surface area contributed by atoms with Gasteiger partial charge in [-0.1, -0.05) is 11.6 Å². The Morgan fingerprint density at radius 3 is 2.40 bits per heavy atom. The lowest BCUT2D eigenvalue weighted by atomic mass is 10.3. The van der Waals surface area contributed by atoms with Crippen molar-refractivity contribution in [3.8, 4) is 5.75 Å². The summed E-state index contributed by atoms with van der Waals surface area (Å²) >= 11 is 5.64. The Bertz CT molecular complexity index is 872. The van der Waals surface area contributed by atoms with Crippen LogP contribution in [0.2, 0.25) is 5.02 Å². The highest BCUT2D eigenvalue weighted by Crippen LogP contribution is 2.20. The third-order valence-corrected chi connectivity index (χ3v) is 5.13. The monoisotopic (exact) mass is 386 g/mol. The van der Waals surface area contributed by atoms with E-state index in [1.165, 1.54) is 50.4 Å². The van der Waals surface area contributed by atoms with E-state index in [2.05, 4.69) is 10.0 Å². The molecule has 6 nitrogen and oxygen atoms in total. The van der Waals surface area contributed by atoms with Gasteiger partial charge in [0.05, 0.1) is 23.1 Å². The molecule has 134 valence electrons. The van der Waals surface area contributed by atoms with Gasteiger partial charge in [-0.2, -0.15) is 4.72 Å². The number of rotatable bonds is 6. The molecular formula is C16H16ClFN2O4S. The maximum Gasteiger partial charge on any atom is 0.242 e. The Labute approximate surface area is 150 Å². The minimum absolute atomic E-state index is 0.00206. The molecule has 0 radical (unpaired) electrons. The van der Waals surface area contributed by atoms with Crippen molar-refractivity contribution in [2.45, 2.75) is 17.9 Å². The maximum atomic E-state index is 13.1. The molecule has 2 N–H and O–H groups in total. The Balaban J connectivity index is 2.07. The normalized spacial score (nSPS) is 12.5. The van der Waals surface area contributed by atoms with E-state index in [0.29, 0.717) is 5.75 Å². The molecule has 0 unspecified atom stereocenters. The average molecular weight is 387 g/mol. The summed E-state index contributed by atoms with van der Waals surface area (Å²) in [5, 5.41) is 2.32. The number of hydrogen-bond donors (Lipinski definition) is 2. The van der Waals surface area contributed by atoms with Crippen LogP contribution in [0.5, 0.6) is 5.75 Å². The van der Waals surface area contributed by atoms with Gasteiger partial charge in [-0.05, 0) is 49.4 Å². The van der Waals surface area contributed by atoms with E-state index in [1.54, 1.807) is 0 Å². The molecule has 9 heteroatoms. The van der Waals surface area contributed by atoms with E-state index >= 15 is 0 Å². The maximum absolute atomic E-state index is 13.1. The molecule has 0 heterocycles. The first kappa shape index (κ1) is 19.2. The molecule has 2 aromatic carbocycles. The van der Waals surface area contributed by atoms with Crippen molar-refractivity contribution in [3.05, 3.63) is 53.3 Å². The number of nitrogens with one attached hydrogen (secondary N) is 2. The number of amides is 1. The number of carbonyl (C=O) groups excluding carboxylic acids is 1. The summed E-state index contributed by atoms with van der Waals surface area (Å²) in [4.78, 5) is 12.1. The molecule has 0 saturated heterocycles. The van der Waals surface area contributed by atoms with Gasteiger partial charge < -0.3 is 10.1 Å². The van der Waals surface area contributed by atoms with E-state index in [9.17, 15) is 17.6 Å². The van der Waals surface area contributed by atoms with E-state index in [0.717, 1.165) is 6.07 Å². The van der Waals surface area contributed by atoms with Crippen LogP contribution in [0.1, 0.15) is 6.92 Å². The lowest BCUT2D eigenvalue weighted by Crippen LogP contribution is -2.41. The van der Waals surface area contributed by atoms with Crippen LogP contribution in [0.4, 0.5) is 10.1 Å². The minimum atomic E-state index is -3.89. The number of methoxy groups -OCH3 is 1. The van der Waals surface area contributed by atoms with Crippen molar-refractivity contribution in [1.29, 1.82) is 0 Å². The highest BCUT2D eigenvalue weighted by atomic mass is 35.5. The van der Waals surface area contributed by atoms with Gasteiger partial charge in [0.15, 0.2) is 0 Å². The Morgan fingerprint density at radius 1 is 1.20 bits per heavy atom. The standard InChI is InChI=1S/C16H16ClFN2O4S/c1-10(16(21)19-11-3-8-15(18)14(17)9-11)20-25(22,23)13-6-4-12(24-2)5-7-13/h3-10,20H,1-2H3,(H,19,21)/t10-/m0/s1. The molecule has 0 aliphatic rings. The zero-order valence-corrected chi connectivity index (χ0v) is 15.0. The van der Waals surface area contributed by atoms with Gasteiger partial charge in [0.1, 0.15) is 11.6 Å². The first-order valence-corrected chi connectivity index (χ1v) is 9.01. The fourth-order valence-corrected chi connectivity index (χ4v) is 3.32. The Morgan fingerprint density at radius 2 is 1.84 bits per heavy atom. The van der Waals surface area contributed by atoms with Gasteiger partial charge in [0, 0.05) is 5.69 Å². The van der Waals surface area contributed by atoms with E-state index in [4.69, 9.17) is 16.3 Å². The van der Waals surface area contributed by atoms with Gasteiger partial charge in [-0.25, -0.2) is 12.8 Å². The predicted octanol–water partition coefficient (Wildman–Crippen LogP) is 2.79. The first-order chi connectivity index (χ1) is 11.7. The molecule has 0 aromatic heterocycles. The van der Waals surface area contributed by atoms with Crippen molar-refractivity contribution >= 4 is 33.2 Å². The summed E-state index contributed by atoms with van der Waals surface area (Å²) in [5.74, 6) is -0.717. The highest BCUT2D eigenvalue weighted by molar-refractivity contribution is 7.89. The van der Waals surface area contributed by atoms with Gasteiger partial charge in [0.2, 0.25) is 15.9 Å². The Kier molecular flexibility index (Phi) is 5.99. The van der Waals surface area contributed by atoms with Gasteiger partial charge in [0.25, 0.3) is 0 Å². The van der Waals surface area contributed by atoms with Crippen LogP contribution in [0.15, 0.2) is 47.4 Å². The van der Waals surface area contributed by atoms with Gasteiger partial charge in [-0.15, -0.1) is 0 Å². The van der Waals surface area contributed by atoms with Gasteiger partial charge >= 0.3 is 0 Å². The summed E-state index contributed by atoms with van der Waals surface area (Å²) in [6, 6.07) is 8.33. The van der Waals surface area contributed by atoms with Crippen LogP contribution >= 0.6 is 11.6 Å². The number of ether oxygens (including phenoxy) is 1. The SMILES string of the molecule is COc1ccc(S(=O)(=O)N[C@@H](C)C(=O)Nc2ccc(F)c(Cl)c2)cc1. The zero-order chi connectivity index (χ0) is 18.6. The summed E-state index contributed by atoms with van der Waals surface area (Å²) in [6.07, 6.45) is 0. The molecule has 25 heavy (non-hydrogen) atoms. The van der Waals surface area contributed by atoms with Crippen LogP contribution in [0, 0.1) is 5.82 Å². The van der Waals surface area contributed by atoms with Crippen molar-refractivity contribution < 1.29 is 22.3 Å². The van der Waals surface area contributed by atoms with E-state index in [1.807, 2.05) is 0 Å². The number of sulfonamides is 1. The second kappa shape index (κ2) is 7.81. The lowest BCUT2D eigenvalue weighted by Gasteiger charge is -2.15. The quantitative estimate of drug-likeness (QED) is 0.799. The fourth-order valence-electron chi connectivity index (χ4n) is 1.93. The average Bonchev–Trinajstić information content (AvgIpc) is 2.57. The number of carbonyl (C=O) groups is 1. The largest absolute Gasteiger partial charge is 0.497 e. The van der Waals surface area contributed by atoms with Crippen LogP contribution in [0.25, 0.3) is 0 Å². The summed E-state index contributed by atoms with van der Waals surface area (Å²) in [6.45, 7) is 1.39. The van der Waals surface area contributed by atoms with Crippen LogP contribution < -0.4 is 14.8 Å². The second-order valence-electron chi connectivity index (χ2n) is 5.14. The number of halogens is 2. The van der Waals surface area contributed by atoms with Gasteiger partial charge in [-0.3, -0.25) is 4.79 Å². The van der Waals surface area contributed by atoms with Crippen molar-refractivity contribution in [2.24, 2.45) is 0 Å². The lowest BCUT2D eigenvalue weighted by molar-refractivity contribution is -0.117. The molecule has 0 spiro atoms. The van der Waals surface area contributed by atoms with Crippen molar-refractivity contribution in [2.75, 3.05) is 12.4 Å². The van der Waals surface area contributed by atoms with E-state index < -0.39 is 27.8 Å². The highest BCUT2D eigenvalue weighted by Gasteiger charge is 2.22. The molecule has 1 atom stereocenters. The van der Waals surface area contributed by atoms with E-state index in [-0.39, 0.29) is 15.6 Å². The zero-order valence-electron chi connectivity index (χ0n) is 13.4. The molecule has 0 saturated carbocycles. The third kappa shape index (κ3) is 4.91. The third-order valence-electron chi connectivity index (χ3n) is 3.28. The molecule has 0 aliphatic carbocycles. The van der Waals surface area contributed by atoms with Crippen LogP contribution in [-0.4, -0.2) is 27.5 Å². The van der Waals surface area contributed by atoms with Crippen molar-refractivity contribution in [3.63, 3.8) is 0 Å². The predicted molar refractivity (Wildman–Crippen MR) is 92.8 cm³/mol. The summed E-state index contributed by atoms with van der Waals surface area (Å²) in [7, 11) is -2.42. The summed E-state index contributed by atoms with van der Waals surface area (Å²) in [5.41, 5.74) is 0.256. The topological polar surface area (TPSA) is 84.5 Å². The fraction of sp³-hybridized carbons (Fsp3) is 0.188. The number of hydrogen-bond acceptors (Lipinski definition) is 4. The minimum Gasteiger partial charge on any atom is -0.497 e. The van der Waals surface area contributed by atoms with Crippen molar-refractivity contribution in [1.82, 2.24) is 4.72 Å². The second-order valence-corrected chi connectivity index (χ2v) is 7.26.